The van der Waals surface area contributed by atoms with E-state index < -0.39 is 5.97 Å². The molecule has 116 valence electrons. The predicted octanol–water partition coefficient (Wildman–Crippen LogP) is 2.10. The van der Waals surface area contributed by atoms with Crippen molar-refractivity contribution in [1.82, 2.24) is 14.9 Å². The number of aromatic carboxylic acids is 1. The molecule has 0 amide bonds. The number of nitrogens with zero attached hydrogens (tertiary/aromatic N) is 3. The van der Waals surface area contributed by atoms with Gasteiger partial charge in [-0.25, -0.2) is 14.8 Å². The van der Waals surface area contributed by atoms with E-state index in [0.29, 0.717) is 5.82 Å². The standard InChI is InChI=1S/C15H24N4O2/c1-12-4-8-19(9-5-12)7-3-2-6-16-14-11-17-13(10-18-14)15(20)21/h10-12H,2-9H2,1H3,(H,16,18)(H,20,21). The Labute approximate surface area is 125 Å². The Morgan fingerprint density at radius 2 is 2.10 bits per heavy atom. The summed E-state index contributed by atoms with van der Waals surface area (Å²) in [5, 5.41) is 11.9. The van der Waals surface area contributed by atoms with Crippen molar-refractivity contribution < 1.29 is 9.90 Å². The highest BCUT2D eigenvalue weighted by atomic mass is 16.4. The lowest BCUT2D eigenvalue weighted by molar-refractivity contribution is 0.0690. The average molecular weight is 292 g/mol. The number of hydrogen-bond acceptors (Lipinski definition) is 5. The van der Waals surface area contributed by atoms with Gasteiger partial charge < -0.3 is 15.3 Å². The van der Waals surface area contributed by atoms with Gasteiger partial charge in [0.05, 0.1) is 12.4 Å². The molecular weight excluding hydrogens is 268 g/mol. The molecule has 2 heterocycles. The summed E-state index contributed by atoms with van der Waals surface area (Å²) in [7, 11) is 0. The molecule has 0 unspecified atom stereocenters. The normalized spacial score (nSPS) is 16.8. The predicted molar refractivity (Wildman–Crippen MR) is 81.6 cm³/mol. The van der Waals surface area contributed by atoms with E-state index in [2.05, 4.69) is 27.1 Å². The van der Waals surface area contributed by atoms with Crippen LogP contribution in [0.3, 0.4) is 0 Å². The van der Waals surface area contributed by atoms with Gasteiger partial charge in [-0.3, -0.25) is 0 Å². The van der Waals surface area contributed by atoms with Crippen molar-refractivity contribution in [1.29, 1.82) is 0 Å². The maximum absolute atomic E-state index is 10.7. The molecule has 1 aromatic rings. The zero-order valence-corrected chi connectivity index (χ0v) is 12.6. The third kappa shape index (κ3) is 5.30. The van der Waals surface area contributed by atoms with E-state index in [0.717, 1.165) is 25.4 Å². The zero-order valence-electron chi connectivity index (χ0n) is 12.6. The Balaban J connectivity index is 1.58. The first-order valence-corrected chi connectivity index (χ1v) is 7.66. The number of carbonyl (C=O) groups is 1. The van der Waals surface area contributed by atoms with Crippen LogP contribution in [0.2, 0.25) is 0 Å². The molecule has 1 saturated heterocycles. The first kappa shape index (κ1) is 15.7. The molecule has 0 aromatic carbocycles. The molecule has 6 heteroatoms. The van der Waals surface area contributed by atoms with Crippen LogP contribution in [-0.2, 0) is 0 Å². The van der Waals surface area contributed by atoms with Crippen LogP contribution in [0, 0.1) is 5.92 Å². The largest absolute Gasteiger partial charge is 0.476 e. The summed E-state index contributed by atoms with van der Waals surface area (Å²) in [6.45, 7) is 6.80. The molecule has 1 aliphatic heterocycles. The van der Waals surface area contributed by atoms with Gasteiger partial charge in [-0.05, 0) is 51.2 Å². The van der Waals surface area contributed by atoms with Gasteiger partial charge in [0.15, 0.2) is 5.69 Å². The molecule has 1 aliphatic rings. The monoisotopic (exact) mass is 292 g/mol. The summed E-state index contributed by atoms with van der Waals surface area (Å²) in [5.74, 6) is 0.465. The van der Waals surface area contributed by atoms with Crippen molar-refractivity contribution in [2.24, 2.45) is 5.92 Å². The van der Waals surface area contributed by atoms with Crippen molar-refractivity contribution >= 4 is 11.8 Å². The second kappa shape index (κ2) is 7.93. The average Bonchev–Trinajstić information content (AvgIpc) is 2.49. The van der Waals surface area contributed by atoms with Crippen LogP contribution in [-0.4, -0.2) is 52.1 Å². The molecule has 0 radical (unpaired) electrons. The van der Waals surface area contributed by atoms with Crippen LogP contribution in [0.5, 0.6) is 0 Å². The topological polar surface area (TPSA) is 78.4 Å². The van der Waals surface area contributed by atoms with Gasteiger partial charge in [-0.15, -0.1) is 0 Å². The van der Waals surface area contributed by atoms with Gasteiger partial charge in [0, 0.05) is 6.54 Å². The van der Waals surface area contributed by atoms with Crippen LogP contribution in [0.15, 0.2) is 12.4 Å². The second-order valence-electron chi connectivity index (χ2n) is 5.75. The lowest BCUT2D eigenvalue weighted by Crippen LogP contribution is -2.33. The lowest BCUT2D eigenvalue weighted by Gasteiger charge is -2.30. The number of likely N-dealkylation sites (tertiary alicyclic amines) is 1. The molecule has 1 fully saturated rings. The fourth-order valence-electron chi connectivity index (χ4n) is 2.49. The SMILES string of the molecule is CC1CCN(CCCCNc2cnc(C(=O)O)cn2)CC1. The van der Waals surface area contributed by atoms with Gasteiger partial charge in [0.25, 0.3) is 0 Å². The number of aromatic nitrogens is 2. The quantitative estimate of drug-likeness (QED) is 0.749. The Hall–Kier alpha value is -1.69. The van der Waals surface area contributed by atoms with E-state index in [1.54, 1.807) is 0 Å². The van der Waals surface area contributed by atoms with Crippen LogP contribution in [0.25, 0.3) is 0 Å². The molecule has 0 atom stereocenters. The molecule has 1 aromatic heterocycles. The smallest absolute Gasteiger partial charge is 0.356 e. The van der Waals surface area contributed by atoms with Gasteiger partial charge in [-0.2, -0.15) is 0 Å². The lowest BCUT2D eigenvalue weighted by atomic mass is 9.99. The number of nitrogens with one attached hydrogen (secondary N) is 1. The Morgan fingerprint density at radius 3 is 2.71 bits per heavy atom. The molecule has 0 saturated carbocycles. The first-order chi connectivity index (χ1) is 10.1. The third-order valence-corrected chi connectivity index (χ3v) is 3.95. The van der Waals surface area contributed by atoms with E-state index in [1.807, 2.05) is 0 Å². The summed E-state index contributed by atoms with van der Waals surface area (Å²) in [6.07, 6.45) is 7.64. The summed E-state index contributed by atoms with van der Waals surface area (Å²) in [6, 6.07) is 0. The first-order valence-electron chi connectivity index (χ1n) is 7.66. The van der Waals surface area contributed by atoms with Crippen LogP contribution in [0.1, 0.15) is 43.1 Å². The van der Waals surface area contributed by atoms with Gasteiger partial charge in [0.1, 0.15) is 5.82 Å². The highest BCUT2D eigenvalue weighted by Crippen LogP contribution is 2.16. The molecule has 2 N–H and O–H groups in total. The molecule has 2 rings (SSSR count). The van der Waals surface area contributed by atoms with Crippen molar-refractivity contribution in [3.63, 3.8) is 0 Å². The zero-order chi connectivity index (χ0) is 15.1. The number of rotatable bonds is 7. The molecule has 6 nitrogen and oxygen atoms in total. The minimum Gasteiger partial charge on any atom is -0.476 e. The highest BCUT2D eigenvalue weighted by Gasteiger charge is 2.14. The summed E-state index contributed by atoms with van der Waals surface area (Å²) in [5.41, 5.74) is -0.0279. The summed E-state index contributed by atoms with van der Waals surface area (Å²) >= 11 is 0. The summed E-state index contributed by atoms with van der Waals surface area (Å²) < 4.78 is 0. The summed E-state index contributed by atoms with van der Waals surface area (Å²) in [4.78, 5) is 21.1. The fourth-order valence-corrected chi connectivity index (χ4v) is 2.49. The van der Waals surface area contributed by atoms with E-state index in [9.17, 15) is 4.79 Å². The number of piperidine rings is 1. The van der Waals surface area contributed by atoms with E-state index in [1.165, 1.54) is 44.7 Å². The minimum absolute atomic E-state index is 0.0279. The Bertz CT molecular complexity index is 441. The molecule has 0 bridgehead atoms. The fraction of sp³-hybridized carbons (Fsp3) is 0.667. The number of hydrogen-bond donors (Lipinski definition) is 2. The number of unbranched alkanes of at least 4 members (excludes halogenated alkanes) is 1. The van der Waals surface area contributed by atoms with Crippen LogP contribution >= 0.6 is 0 Å². The third-order valence-electron chi connectivity index (χ3n) is 3.95. The molecule has 0 spiro atoms. The van der Waals surface area contributed by atoms with E-state index in [4.69, 9.17) is 5.11 Å². The van der Waals surface area contributed by atoms with Crippen molar-refractivity contribution in [2.45, 2.75) is 32.6 Å². The number of anilines is 1. The Kier molecular flexibility index (Phi) is 5.92. The van der Waals surface area contributed by atoms with E-state index >= 15 is 0 Å². The number of carboxylic acid groups (broad SMARTS) is 1. The van der Waals surface area contributed by atoms with E-state index in [-0.39, 0.29) is 5.69 Å². The van der Waals surface area contributed by atoms with Gasteiger partial charge in [-0.1, -0.05) is 6.92 Å². The maximum atomic E-state index is 10.7. The van der Waals surface area contributed by atoms with Crippen molar-refractivity contribution in [3.05, 3.63) is 18.1 Å². The van der Waals surface area contributed by atoms with Gasteiger partial charge >= 0.3 is 5.97 Å². The van der Waals surface area contributed by atoms with Crippen molar-refractivity contribution in [2.75, 3.05) is 31.5 Å². The molecular formula is C15H24N4O2. The maximum Gasteiger partial charge on any atom is 0.356 e. The molecule has 0 aliphatic carbocycles. The van der Waals surface area contributed by atoms with Gasteiger partial charge in [0.2, 0.25) is 0 Å². The second-order valence-corrected chi connectivity index (χ2v) is 5.75. The van der Waals surface area contributed by atoms with Crippen LogP contribution in [0.4, 0.5) is 5.82 Å². The molecule has 21 heavy (non-hydrogen) atoms. The Morgan fingerprint density at radius 1 is 1.33 bits per heavy atom. The van der Waals surface area contributed by atoms with Crippen molar-refractivity contribution in [3.8, 4) is 0 Å². The van der Waals surface area contributed by atoms with Crippen LogP contribution < -0.4 is 5.32 Å². The highest BCUT2D eigenvalue weighted by molar-refractivity contribution is 5.84. The minimum atomic E-state index is -1.05. The number of carboxylic acids is 1.